The Kier molecular flexibility index (Phi) is 4.24. The van der Waals surface area contributed by atoms with Crippen molar-refractivity contribution in [3.8, 4) is 0 Å². The van der Waals surface area contributed by atoms with Gasteiger partial charge < -0.3 is 5.11 Å². The van der Waals surface area contributed by atoms with Gasteiger partial charge in [0, 0.05) is 23.6 Å². The highest BCUT2D eigenvalue weighted by Crippen LogP contribution is 2.33. The predicted molar refractivity (Wildman–Crippen MR) is 68.9 cm³/mol. The second-order valence-electron chi connectivity index (χ2n) is 4.27. The smallest absolute Gasteiger partial charge is 0.0714 e. The number of pyridine rings is 1. The number of nitrogens with zero attached hydrogens (tertiary/aromatic N) is 1. The lowest BCUT2D eigenvalue weighted by atomic mass is 9.84. The van der Waals surface area contributed by atoms with E-state index in [9.17, 15) is 5.11 Å². The van der Waals surface area contributed by atoms with Crippen LogP contribution in [0.3, 0.4) is 0 Å². The minimum Gasteiger partial charge on any atom is -0.392 e. The Hall–Kier alpha value is -0.540. The first kappa shape index (κ1) is 11.9. The first-order chi connectivity index (χ1) is 7.83. The maximum absolute atomic E-state index is 10.2. The molecule has 1 aromatic rings. The molecule has 1 heterocycles. The number of aryl methyl sites for hydroxylation is 1. The van der Waals surface area contributed by atoms with Gasteiger partial charge in [-0.2, -0.15) is 11.8 Å². The zero-order chi connectivity index (χ0) is 11.4. The number of rotatable bonds is 4. The van der Waals surface area contributed by atoms with Crippen LogP contribution in [-0.4, -0.2) is 27.7 Å². The molecule has 0 saturated heterocycles. The average Bonchev–Trinajstić information content (AvgIpc) is 2.35. The lowest BCUT2D eigenvalue weighted by Crippen LogP contribution is -2.26. The van der Waals surface area contributed by atoms with Crippen molar-refractivity contribution in [2.24, 2.45) is 0 Å². The summed E-state index contributed by atoms with van der Waals surface area (Å²) in [5, 5.41) is 10.2. The Labute approximate surface area is 101 Å². The van der Waals surface area contributed by atoms with Gasteiger partial charge in [-0.3, -0.25) is 4.98 Å². The normalized spacial score (nSPS) is 21.5. The van der Waals surface area contributed by atoms with Gasteiger partial charge >= 0.3 is 0 Å². The monoisotopic (exact) mass is 237 g/mol. The Bertz CT molecular complexity index is 342. The summed E-state index contributed by atoms with van der Waals surface area (Å²) in [5.41, 5.74) is 2.47. The number of aromatic nitrogens is 1. The van der Waals surface area contributed by atoms with Crippen LogP contribution in [0.1, 0.15) is 36.9 Å². The molecule has 3 heteroatoms. The maximum atomic E-state index is 10.2. The lowest BCUT2D eigenvalue weighted by molar-refractivity contribution is 0.155. The molecular formula is C13H19NOS. The number of thioether (sulfide) groups is 1. The minimum atomic E-state index is -0.237. The molecule has 16 heavy (non-hydrogen) atoms. The van der Waals surface area contributed by atoms with Gasteiger partial charge in [0.25, 0.3) is 0 Å². The van der Waals surface area contributed by atoms with Crippen LogP contribution in [0.4, 0.5) is 0 Å². The molecule has 0 radical (unpaired) electrons. The summed E-state index contributed by atoms with van der Waals surface area (Å²) in [6.45, 7) is 2.13. The molecule has 0 bridgehead atoms. The van der Waals surface area contributed by atoms with Gasteiger partial charge in [-0.1, -0.05) is 13.0 Å². The van der Waals surface area contributed by atoms with Crippen molar-refractivity contribution in [2.45, 2.75) is 38.2 Å². The van der Waals surface area contributed by atoms with E-state index in [0.717, 1.165) is 30.0 Å². The molecular weight excluding hydrogens is 218 g/mol. The van der Waals surface area contributed by atoms with Crippen molar-refractivity contribution in [1.29, 1.82) is 0 Å². The molecule has 2 atom stereocenters. The Morgan fingerprint density at radius 3 is 3.31 bits per heavy atom. The molecule has 0 aliphatic heterocycles. The summed E-state index contributed by atoms with van der Waals surface area (Å²) in [4.78, 5) is 4.46. The highest BCUT2D eigenvalue weighted by molar-refractivity contribution is 7.99. The molecule has 1 aliphatic carbocycles. The van der Waals surface area contributed by atoms with E-state index in [-0.39, 0.29) is 12.0 Å². The summed E-state index contributed by atoms with van der Waals surface area (Å²) in [5.74, 6) is 2.15. The first-order valence-electron chi connectivity index (χ1n) is 6.02. The zero-order valence-electron chi connectivity index (χ0n) is 9.72. The zero-order valence-corrected chi connectivity index (χ0v) is 10.5. The van der Waals surface area contributed by atoms with Crippen LogP contribution in [-0.2, 0) is 6.42 Å². The number of hydrogen-bond acceptors (Lipinski definition) is 3. The maximum Gasteiger partial charge on any atom is 0.0714 e. The summed E-state index contributed by atoms with van der Waals surface area (Å²) in [6.07, 6.45) is 4.98. The molecule has 0 aromatic carbocycles. The van der Waals surface area contributed by atoms with Crippen LogP contribution in [0.15, 0.2) is 18.3 Å². The van der Waals surface area contributed by atoms with Gasteiger partial charge in [-0.25, -0.2) is 0 Å². The molecule has 0 saturated carbocycles. The molecule has 2 unspecified atom stereocenters. The van der Waals surface area contributed by atoms with Crippen LogP contribution < -0.4 is 0 Å². The molecule has 0 amide bonds. The largest absolute Gasteiger partial charge is 0.392 e. The molecule has 1 aromatic heterocycles. The molecule has 1 N–H and O–H groups in total. The molecule has 0 spiro atoms. The third-order valence-electron chi connectivity index (χ3n) is 3.20. The predicted octanol–water partition coefficient (Wildman–Crippen LogP) is 2.62. The summed E-state index contributed by atoms with van der Waals surface area (Å²) in [6, 6.07) is 4.14. The van der Waals surface area contributed by atoms with Crippen LogP contribution in [0.2, 0.25) is 0 Å². The van der Waals surface area contributed by atoms with Crippen LogP contribution in [0.5, 0.6) is 0 Å². The van der Waals surface area contributed by atoms with Gasteiger partial charge in [0.15, 0.2) is 0 Å². The van der Waals surface area contributed by atoms with Gasteiger partial charge in [-0.05, 0) is 36.6 Å². The van der Waals surface area contributed by atoms with Crippen LogP contribution in [0, 0.1) is 0 Å². The van der Waals surface area contributed by atoms with Crippen molar-refractivity contribution in [3.05, 3.63) is 29.6 Å². The summed E-state index contributed by atoms with van der Waals surface area (Å²) < 4.78 is 0. The van der Waals surface area contributed by atoms with Gasteiger partial charge in [0.05, 0.1) is 6.10 Å². The van der Waals surface area contributed by atoms with Gasteiger partial charge in [-0.15, -0.1) is 0 Å². The highest BCUT2D eigenvalue weighted by atomic mass is 32.2. The van der Waals surface area contributed by atoms with Crippen molar-refractivity contribution >= 4 is 11.8 Å². The highest BCUT2D eigenvalue weighted by Gasteiger charge is 2.27. The Balaban J connectivity index is 2.12. The third kappa shape index (κ3) is 2.58. The van der Waals surface area contributed by atoms with Gasteiger partial charge in [0.2, 0.25) is 0 Å². The Morgan fingerprint density at radius 1 is 1.62 bits per heavy atom. The first-order valence-corrected chi connectivity index (χ1v) is 7.18. The van der Waals surface area contributed by atoms with E-state index >= 15 is 0 Å². The van der Waals surface area contributed by atoms with E-state index in [1.54, 1.807) is 11.8 Å². The standard InChI is InChI=1S/C13H19NOS/c1-2-16-9-12(15)11-7-3-5-10-6-4-8-14-13(10)11/h4,6,8,11-12,15H,2-3,5,7,9H2,1H3. The molecule has 1 aliphatic rings. The van der Waals surface area contributed by atoms with E-state index in [1.807, 2.05) is 12.3 Å². The number of hydrogen-bond donors (Lipinski definition) is 1. The SMILES string of the molecule is CCSCC(O)C1CCCc2cccnc21. The second kappa shape index (κ2) is 5.69. The third-order valence-corrected chi connectivity index (χ3v) is 4.18. The fourth-order valence-corrected chi connectivity index (χ4v) is 3.08. The fraction of sp³-hybridized carbons (Fsp3) is 0.615. The average molecular weight is 237 g/mol. The van der Waals surface area contributed by atoms with E-state index in [0.29, 0.717) is 0 Å². The van der Waals surface area contributed by atoms with Crippen molar-refractivity contribution in [2.75, 3.05) is 11.5 Å². The van der Waals surface area contributed by atoms with Crippen molar-refractivity contribution in [3.63, 3.8) is 0 Å². The second-order valence-corrected chi connectivity index (χ2v) is 5.59. The van der Waals surface area contributed by atoms with E-state index in [1.165, 1.54) is 12.0 Å². The van der Waals surface area contributed by atoms with E-state index < -0.39 is 0 Å². The topological polar surface area (TPSA) is 33.1 Å². The van der Waals surface area contributed by atoms with Crippen LogP contribution in [0.25, 0.3) is 0 Å². The van der Waals surface area contributed by atoms with Gasteiger partial charge in [0.1, 0.15) is 0 Å². The number of aliphatic hydroxyl groups is 1. The minimum absolute atomic E-state index is 0.237. The quantitative estimate of drug-likeness (QED) is 0.874. The van der Waals surface area contributed by atoms with E-state index in [2.05, 4.69) is 18.0 Å². The summed E-state index contributed by atoms with van der Waals surface area (Å²) >= 11 is 1.81. The fourth-order valence-electron chi connectivity index (χ4n) is 2.37. The Morgan fingerprint density at radius 2 is 2.50 bits per heavy atom. The van der Waals surface area contributed by atoms with Crippen molar-refractivity contribution < 1.29 is 5.11 Å². The molecule has 2 nitrogen and oxygen atoms in total. The van der Waals surface area contributed by atoms with E-state index in [4.69, 9.17) is 0 Å². The molecule has 88 valence electrons. The summed E-state index contributed by atoms with van der Waals surface area (Å²) in [7, 11) is 0. The van der Waals surface area contributed by atoms with Crippen molar-refractivity contribution in [1.82, 2.24) is 4.98 Å². The number of fused-ring (bicyclic) bond motifs is 1. The lowest BCUT2D eigenvalue weighted by Gasteiger charge is -2.28. The number of aliphatic hydroxyl groups excluding tert-OH is 1. The molecule has 2 rings (SSSR count). The van der Waals surface area contributed by atoms with Crippen LogP contribution >= 0.6 is 11.8 Å². The molecule has 0 fully saturated rings.